The van der Waals surface area contributed by atoms with Gasteiger partial charge in [-0.1, -0.05) is 0 Å². The molecule has 0 unspecified atom stereocenters. The maximum absolute atomic E-state index is 12.4. The number of rotatable bonds is 5. The molecule has 1 aromatic carbocycles. The molecular weight excluding hydrogens is 289 g/mol. The van der Waals surface area contributed by atoms with E-state index in [1.165, 1.54) is 14.0 Å². The lowest BCUT2D eigenvalue weighted by Crippen LogP contribution is -2.45. The van der Waals surface area contributed by atoms with Crippen LogP contribution in [0, 0.1) is 0 Å². The van der Waals surface area contributed by atoms with Gasteiger partial charge in [0.2, 0.25) is 0 Å². The number of methoxy groups -OCH3 is 1. The van der Waals surface area contributed by atoms with Crippen molar-refractivity contribution >= 4 is 11.7 Å². The minimum Gasteiger partial charge on any atom is -0.386 e. The Kier molecular flexibility index (Phi) is 5.56. The second-order valence-corrected chi connectivity index (χ2v) is 4.81. The SMILES string of the molecule is COC[C@@](C)(O)CNC(=O)Nc1ccc(C(F)(F)F)cc1. The van der Waals surface area contributed by atoms with Crippen molar-refractivity contribution in [3.8, 4) is 0 Å². The van der Waals surface area contributed by atoms with E-state index >= 15 is 0 Å². The van der Waals surface area contributed by atoms with Crippen molar-refractivity contribution in [2.75, 3.05) is 25.6 Å². The normalized spacial score (nSPS) is 14.4. The summed E-state index contributed by atoms with van der Waals surface area (Å²) in [6.45, 7) is 1.45. The quantitative estimate of drug-likeness (QED) is 0.781. The molecule has 0 aliphatic rings. The third-order valence-electron chi connectivity index (χ3n) is 2.56. The van der Waals surface area contributed by atoms with E-state index < -0.39 is 23.4 Å². The Balaban J connectivity index is 2.52. The number of alkyl halides is 3. The van der Waals surface area contributed by atoms with E-state index in [1.54, 1.807) is 0 Å². The summed E-state index contributed by atoms with van der Waals surface area (Å²) in [5.41, 5.74) is -1.81. The van der Waals surface area contributed by atoms with Crippen LogP contribution in [0.4, 0.5) is 23.7 Å². The maximum Gasteiger partial charge on any atom is 0.416 e. The van der Waals surface area contributed by atoms with Crippen LogP contribution in [0.5, 0.6) is 0 Å². The highest BCUT2D eigenvalue weighted by molar-refractivity contribution is 5.89. The molecule has 0 saturated heterocycles. The van der Waals surface area contributed by atoms with E-state index in [4.69, 9.17) is 4.74 Å². The number of benzene rings is 1. The Bertz CT molecular complexity index is 473. The molecule has 21 heavy (non-hydrogen) atoms. The fourth-order valence-corrected chi connectivity index (χ4v) is 1.55. The van der Waals surface area contributed by atoms with E-state index in [2.05, 4.69) is 10.6 Å². The highest BCUT2D eigenvalue weighted by Gasteiger charge is 2.30. The molecule has 1 atom stereocenters. The molecule has 8 heteroatoms. The Morgan fingerprint density at radius 3 is 2.33 bits per heavy atom. The number of carbonyl (C=O) groups excluding carboxylic acids is 1. The molecule has 1 aromatic rings. The Morgan fingerprint density at radius 2 is 1.86 bits per heavy atom. The Hall–Kier alpha value is -1.80. The van der Waals surface area contributed by atoms with Crippen molar-refractivity contribution in [1.29, 1.82) is 0 Å². The summed E-state index contributed by atoms with van der Waals surface area (Å²) >= 11 is 0. The molecule has 2 amide bonds. The summed E-state index contributed by atoms with van der Waals surface area (Å²) in [5.74, 6) is 0. The van der Waals surface area contributed by atoms with Gasteiger partial charge in [-0.3, -0.25) is 0 Å². The molecule has 0 bridgehead atoms. The summed E-state index contributed by atoms with van der Waals surface area (Å²) in [4.78, 5) is 11.5. The van der Waals surface area contributed by atoms with E-state index in [1.807, 2.05) is 0 Å². The molecule has 0 heterocycles. The van der Waals surface area contributed by atoms with E-state index in [-0.39, 0.29) is 18.8 Å². The lowest BCUT2D eigenvalue weighted by molar-refractivity contribution is -0.137. The van der Waals surface area contributed by atoms with E-state index in [0.717, 1.165) is 24.3 Å². The van der Waals surface area contributed by atoms with Crippen LogP contribution in [0.1, 0.15) is 12.5 Å². The van der Waals surface area contributed by atoms with Gasteiger partial charge in [0, 0.05) is 12.8 Å². The first-order valence-electron chi connectivity index (χ1n) is 6.07. The average molecular weight is 306 g/mol. The first kappa shape index (κ1) is 17.3. The summed E-state index contributed by atoms with van der Waals surface area (Å²) in [6.07, 6.45) is -4.42. The molecule has 0 aliphatic carbocycles. The second kappa shape index (κ2) is 6.77. The Morgan fingerprint density at radius 1 is 1.29 bits per heavy atom. The third-order valence-corrected chi connectivity index (χ3v) is 2.56. The zero-order valence-electron chi connectivity index (χ0n) is 11.6. The van der Waals surface area contributed by atoms with Crippen LogP contribution in [0.15, 0.2) is 24.3 Å². The zero-order valence-corrected chi connectivity index (χ0v) is 11.6. The van der Waals surface area contributed by atoms with Gasteiger partial charge < -0.3 is 20.5 Å². The van der Waals surface area contributed by atoms with Crippen molar-refractivity contribution in [3.63, 3.8) is 0 Å². The van der Waals surface area contributed by atoms with Crippen molar-refractivity contribution in [3.05, 3.63) is 29.8 Å². The number of nitrogens with one attached hydrogen (secondary N) is 2. The van der Waals surface area contributed by atoms with Crippen LogP contribution < -0.4 is 10.6 Å². The lowest BCUT2D eigenvalue weighted by Gasteiger charge is -2.22. The van der Waals surface area contributed by atoms with Gasteiger partial charge in [0.25, 0.3) is 0 Å². The van der Waals surface area contributed by atoms with Gasteiger partial charge in [-0.25, -0.2) is 4.79 Å². The van der Waals surface area contributed by atoms with Crippen LogP contribution in [-0.4, -0.2) is 37.0 Å². The highest BCUT2D eigenvalue weighted by atomic mass is 19.4. The monoisotopic (exact) mass is 306 g/mol. The van der Waals surface area contributed by atoms with E-state index in [9.17, 15) is 23.1 Å². The fraction of sp³-hybridized carbons (Fsp3) is 0.462. The Labute approximate surface area is 120 Å². The number of halogens is 3. The van der Waals surface area contributed by atoms with Gasteiger partial charge in [0.1, 0.15) is 5.60 Å². The standard InChI is InChI=1S/C13H17F3N2O3/c1-12(20,8-21-2)7-17-11(19)18-10-5-3-9(4-6-10)13(14,15)16/h3-6,20H,7-8H2,1-2H3,(H2,17,18,19)/t12-/m0/s1. The number of hydrogen-bond donors (Lipinski definition) is 3. The smallest absolute Gasteiger partial charge is 0.386 e. The van der Waals surface area contributed by atoms with Gasteiger partial charge >= 0.3 is 12.2 Å². The molecule has 0 aromatic heterocycles. The molecule has 0 saturated carbocycles. The number of carbonyl (C=O) groups is 1. The van der Waals surface area contributed by atoms with Crippen LogP contribution in [-0.2, 0) is 10.9 Å². The summed E-state index contributed by atoms with van der Waals surface area (Å²) in [5, 5.41) is 14.5. The maximum atomic E-state index is 12.4. The average Bonchev–Trinajstić information content (AvgIpc) is 2.36. The van der Waals surface area contributed by atoms with Crippen LogP contribution in [0.3, 0.4) is 0 Å². The first-order valence-corrected chi connectivity index (χ1v) is 6.07. The minimum absolute atomic E-state index is 0.0353. The molecule has 0 fully saturated rings. The van der Waals surface area contributed by atoms with Gasteiger partial charge in [0.15, 0.2) is 0 Å². The summed E-state index contributed by atoms with van der Waals surface area (Å²) in [7, 11) is 1.41. The highest BCUT2D eigenvalue weighted by Crippen LogP contribution is 2.29. The van der Waals surface area contributed by atoms with Crippen molar-refractivity contribution < 1.29 is 27.8 Å². The molecule has 5 nitrogen and oxygen atoms in total. The number of aliphatic hydroxyl groups is 1. The number of urea groups is 1. The predicted octanol–water partition coefficient (Wildman–Crippen LogP) is 2.22. The van der Waals surface area contributed by atoms with Gasteiger partial charge in [0.05, 0.1) is 18.7 Å². The number of ether oxygens (including phenoxy) is 1. The topological polar surface area (TPSA) is 70.6 Å². The summed E-state index contributed by atoms with van der Waals surface area (Å²) < 4.78 is 41.9. The van der Waals surface area contributed by atoms with Crippen LogP contribution in [0.25, 0.3) is 0 Å². The van der Waals surface area contributed by atoms with Gasteiger partial charge in [-0.15, -0.1) is 0 Å². The number of amides is 2. The van der Waals surface area contributed by atoms with Crippen LogP contribution >= 0.6 is 0 Å². The summed E-state index contributed by atoms with van der Waals surface area (Å²) in [6, 6.07) is 3.41. The second-order valence-electron chi connectivity index (χ2n) is 4.81. The molecule has 0 aliphatic heterocycles. The first-order chi connectivity index (χ1) is 9.64. The van der Waals surface area contributed by atoms with Gasteiger partial charge in [-0.2, -0.15) is 13.2 Å². The molecule has 118 valence electrons. The zero-order chi connectivity index (χ0) is 16.1. The number of hydrogen-bond acceptors (Lipinski definition) is 3. The fourth-order valence-electron chi connectivity index (χ4n) is 1.55. The molecule has 0 spiro atoms. The number of anilines is 1. The van der Waals surface area contributed by atoms with Crippen LogP contribution in [0.2, 0.25) is 0 Å². The molecule has 1 rings (SSSR count). The third kappa shape index (κ3) is 6.01. The van der Waals surface area contributed by atoms with Crippen molar-refractivity contribution in [2.24, 2.45) is 0 Å². The largest absolute Gasteiger partial charge is 0.416 e. The van der Waals surface area contributed by atoms with Crippen molar-refractivity contribution in [1.82, 2.24) is 5.32 Å². The predicted molar refractivity (Wildman–Crippen MR) is 71.0 cm³/mol. The molecule has 3 N–H and O–H groups in total. The lowest BCUT2D eigenvalue weighted by atomic mass is 10.1. The molecular formula is C13H17F3N2O3. The molecule has 0 radical (unpaired) electrons. The van der Waals surface area contributed by atoms with E-state index in [0.29, 0.717) is 0 Å². The minimum atomic E-state index is -4.42. The van der Waals surface area contributed by atoms with Gasteiger partial charge in [-0.05, 0) is 31.2 Å². The van der Waals surface area contributed by atoms with Crippen molar-refractivity contribution in [2.45, 2.75) is 18.7 Å².